The Hall–Kier alpha value is -0.240. The number of nitrogens with zero attached hydrogens (tertiary/aromatic N) is 1. The number of carbonyl (C=O) groups is 1. The molecule has 0 aromatic carbocycles. The van der Waals surface area contributed by atoms with E-state index in [2.05, 4.69) is 0 Å². The zero-order chi connectivity index (χ0) is 10.9. The summed E-state index contributed by atoms with van der Waals surface area (Å²) in [5.74, 6) is 4.21. The first-order valence-corrected chi connectivity index (χ1v) is 7.12. The molecule has 1 saturated heterocycles. The Kier molecular flexibility index (Phi) is 1.92. The second-order valence-electron chi connectivity index (χ2n) is 6.18. The Morgan fingerprint density at radius 2 is 1.81 bits per heavy atom. The van der Waals surface area contributed by atoms with Gasteiger partial charge in [-0.3, -0.25) is 4.79 Å². The van der Waals surface area contributed by atoms with Crippen molar-refractivity contribution < 1.29 is 4.79 Å². The van der Waals surface area contributed by atoms with Crippen molar-refractivity contribution in [1.82, 2.24) is 4.90 Å². The highest BCUT2D eigenvalue weighted by atomic mass is 35.5. The molecule has 0 aromatic rings. The van der Waals surface area contributed by atoms with Crippen LogP contribution in [-0.4, -0.2) is 29.3 Å². The van der Waals surface area contributed by atoms with Gasteiger partial charge in [0.1, 0.15) is 0 Å². The summed E-state index contributed by atoms with van der Waals surface area (Å²) in [7, 11) is 0. The molecular formula is C13H18ClNO. The number of alkyl halides is 1. The zero-order valence-corrected chi connectivity index (χ0v) is 10.2. The van der Waals surface area contributed by atoms with E-state index < -0.39 is 0 Å². The van der Waals surface area contributed by atoms with Crippen LogP contribution in [0.15, 0.2) is 0 Å². The van der Waals surface area contributed by atoms with Crippen LogP contribution in [0.3, 0.4) is 0 Å². The molecule has 1 heterocycles. The van der Waals surface area contributed by atoms with Gasteiger partial charge in [-0.15, -0.1) is 11.6 Å². The molecule has 3 aliphatic carbocycles. The molecule has 4 aliphatic rings. The van der Waals surface area contributed by atoms with Crippen LogP contribution in [0.4, 0.5) is 0 Å². The van der Waals surface area contributed by atoms with Crippen LogP contribution in [-0.2, 0) is 4.79 Å². The molecular weight excluding hydrogens is 222 g/mol. The molecule has 0 spiro atoms. The Labute approximate surface area is 101 Å². The van der Waals surface area contributed by atoms with Crippen molar-refractivity contribution in [3.05, 3.63) is 0 Å². The van der Waals surface area contributed by atoms with Gasteiger partial charge in [0, 0.05) is 19.0 Å². The van der Waals surface area contributed by atoms with E-state index >= 15 is 0 Å². The summed E-state index contributed by atoms with van der Waals surface area (Å²) in [6.07, 6.45) is 5.21. The largest absolute Gasteiger partial charge is 0.341 e. The number of hydrogen-bond acceptors (Lipinski definition) is 1. The van der Waals surface area contributed by atoms with Crippen molar-refractivity contribution in [2.75, 3.05) is 13.1 Å². The topological polar surface area (TPSA) is 20.3 Å². The predicted molar refractivity (Wildman–Crippen MR) is 62.1 cm³/mol. The van der Waals surface area contributed by atoms with E-state index in [4.69, 9.17) is 11.6 Å². The highest BCUT2D eigenvalue weighted by molar-refractivity contribution is 6.21. The Morgan fingerprint density at radius 1 is 1.12 bits per heavy atom. The smallest absolute Gasteiger partial charge is 0.226 e. The molecule has 4 fully saturated rings. The zero-order valence-electron chi connectivity index (χ0n) is 9.44. The minimum atomic E-state index is 0.208. The lowest BCUT2D eigenvalue weighted by Crippen LogP contribution is -2.32. The first kappa shape index (κ1) is 9.76. The van der Waals surface area contributed by atoms with E-state index in [9.17, 15) is 4.79 Å². The van der Waals surface area contributed by atoms with Crippen molar-refractivity contribution in [3.63, 3.8) is 0 Å². The lowest BCUT2D eigenvalue weighted by Gasteiger charge is -2.17. The average molecular weight is 240 g/mol. The average Bonchev–Trinajstić information content (AvgIpc) is 2.68. The van der Waals surface area contributed by atoms with Crippen LogP contribution >= 0.6 is 11.6 Å². The molecule has 1 aliphatic heterocycles. The van der Waals surface area contributed by atoms with E-state index in [1.165, 1.54) is 19.3 Å². The van der Waals surface area contributed by atoms with Crippen LogP contribution in [0.25, 0.3) is 0 Å². The van der Waals surface area contributed by atoms with Crippen molar-refractivity contribution in [3.8, 4) is 0 Å². The van der Waals surface area contributed by atoms with Gasteiger partial charge in [-0.25, -0.2) is 0 Å². The van der Waals surface area contributed by atoms with Gasteiger partial charge in [0.15, 0.2) is 0 Å². The van der Waals surface area contributed by atoms with Gasteiger partial charge in [-0.2, -0.15) is 0 Å². The van der Waals surface area contributed by atoms with Crippen molar-refractivity contribution >= 4 is 17.5 Å². The number of hydrogen-bond donors (Lipinski definition) is 0. The van der Waals surface area contributed by atoms with Gasteiger partial charge in [0.2, 0.25) is 5.91 Å². The van der Waals surface area contributed by atoms with Gasteiger partial charge < -0.3 is 4.90 Å². The van der Waals surface area contributed by atoms with Crippen molar-refractivity contribution in [2.24, 2.45) is 29.6 Å². The molecule has 0 aromatic heterocycles. The Morgan fingerprint density at radius 3 is 2.38 bits per heavy atom. The fraction of sp³-hybridized carbons (Fsp3) is 0.923. The highest BCUT2D eigenvalue weighted by Crippen LogP contribution is 2.69. The SMILES string of the molecule is O=C(C1C2C3CCC(C3)C12)N1CCC(Cl)C1. The van der Waals surface area contributed by atoms with Crippen molar-refractivity contribution in [2.45, 2.75) is 31.1 Å². The molecule has 5 unspecified atom stereocenters. The first-order chi connectivity index (χ1) is 7.75. The minimum absolute atomic E-state index is 0.208. The summed E-state index contributed by atoms with van der Waals surface area (Å²) >= 11 is 6.07. The van der Waals surface area contributed by atoms with E-state index in [1.807, 2.05) is 4.90 Å². The molecule has 0 radical (unpaired) electrons. The van der Waals surface area contributed by atoms with Gasteiger partial charge in [-0.05, 0) is 49.4 Å². The maximum Gasteiger partial charge on any atom is 0.226 e. The maximum atomic E-state index is 12.4. The van der Waals surface area contributed by atoms with Crippen LogP contribution in [0.2, 0.25) is 0 Å². The number of likely N-dealkylation sites (tertiary alicyclic amines) is 1. The summed E-state index contributed by atoms with van der Waals surface area (Å²) in [4.78, 5) is 14.4. The van der Waals surface area contributed by atoms with Crippen molar-refractivity contribution in [1.29, 1.82) is 0 Å². The Bertz CT molecular complexity index is 329. The number of amides is 1. The van der Waals surface area contributed by atoms with Gasteiger partial charge in [-0.1, -0.05) is 0 Å². The summed E-state index contributed by atoms with van der Waals surface area (Å²) in [6, 6.07) is 0. The van der Waals surface area contributed by atoms with E-state index in [1.54, 1.807) is 0 Å². The fourth-order valence-electron chi connectivity index (χ4n) is 4.78. The molecule has 0 N–H and O–H groups in total. The molecule has 2 nitrogen and oxygen atoms in total. The van der Waals surface area contributed by atoms with Crippen LogP contribution in [0, 0.1) is 29.6 Å². The number of rotatable bonds is 1. The Balaban J connectivity index is 1.47. The quantitative estimate of drug-likeness (QED) is 0.642. The summed E-state index contributed by atoms with van der Waals surface area (Å²) < 4.78 is 0. The van der Waals surface area contributed by atoms with E-state index in [0.29, 0.717) is 11.8 Å². The molecule has 88 valence electrons. The standard InChI is InChI=1S/C13H18ClNO/c14-9-3-4-15(6-9)13(16)12-10-7-1-2-8(5-7)11(10)12/h7-12H,1-6H2. The van der Waals surface area contributed by atoms with E-state index in [0.717, 1.165) is 43.2 Å². The van der Waals surface area contributed by atoms with Crippen LogP contribution < -0.4 is 0 Å². The van der Waals surface area contributed by atoms with Gasteiger partial charge in [0.25, 0.3) is 0 Å². The van der Waals surface area contributed by atoms with Crippen LogP contribution in [0.1, 0.15) is 25.7 Å². The third-order valence-electron chi connectivity index (χ3n) is 5.46. The normalized spacial score (nSPS) is 53.2. The second kappa shape index (κ2) is 3.16. The molecule has 1 amide bonds. The number of carbonyl (C=O) groups excluding carboxylic acids is 1. The lowest BCUT2D eigenvalue weighted by atomic mass is 10.0. The van der Waals surface area contributed by atoms with Gasteiger partial charge >= 0.3 is 0 Å². The third kappa shape index (κ3) is 1.17. The third-order valence-corrected chi connectivity index (χ3v) is 5.82. The molecule has 3 heteroatoms. The monoisotopic (exact) mass is 239 g/mol. The first-order valence-electron chi connectivity index (χ1n) is 6.68. The predicted octanol–water partition coefficient (Wildman–Crippen LogP) is 2.12. The highest BCUT2D eigenvalue weighted by Gasteiger charge is 2.68. The molecule has 4 rings (SSSR count). The molecule has 2 bridgehead atoms. The number of fused-ring (bicyclic) bond motifs is 5. The molecule has 5 atom stereocenters. The maximum absolute atomic E-state index is 12.4. The second-order valence-corrected chi connectivity index (χ2v) is 6.80. The molecule has 16 heavy (non-hydrogen) atoms. The van der Waals surface area contributed by atoms with Gasteiger partial charge in [0.05, 0.1) is 5.38 Å². The molecule has 3 saturated carbocycles. The summed E-state index contributed by atoms with van der Waals surface area (Å²) in [5.41, 5.74) is 0. The fourth-order valence-corrected chi connectivity index (χ4v) is 5.05. The van der Waals surface area contributed by atoms with Crippen LogP contribution in [0.5, 0.6) is 0 Å². The summed E-state index contributed by atoms with van der Waals surface area (Å²) in [5, 5.41) is 0.208. The minimum Gasteiger partial charge on any atom is -0.341 e. The lowest BCUT2D eigenvalue weighted by molar-refractivity contribution is -0.132. The number of halogens is 1. The summed E-state index contributed by atoms with van der Waals surface area (Å²) in [6.45, 7) is 1.70. The van der Waals surface area contributed by atoms with E-state index in [-0.39, 0.29) is 5.38 Å².